The summed E-state index contributed by atoms with van der Waals surface area (Å²) in [6, 6.07) is 10.2. The summed E-state index contributed by atoms with van der Waals surface area (Å²) in [7, 11) is 0. The van der Waals surface area contributed by atoms with Crippen LogP contribution in [0, 0.1) is 5.82 Å². The van der Waals surface area contributed by atoms with E-state index in [1.807, 2.05) is 6.92 Å². The molecule has 21 heavy (non-hydrogen) atoms. The van der Waals surface area contributed by atoms with Crippen molar-refractivity contribution in [3.8, 4) is 0 Å². The number of carboxylic acids is 1. The predicted molar refractivity (Wildman–Crippen MR) is 77.1 cm³/mol. The van der Waals surface area contributed by atoms with Crippen LogP contribution in [0.1, 0.15) is 33.2 Å². The summed E-state index contributed by atoms with van der Waals surface area (Å²) < 4.78 is 13.5. The molecular weight excluding hydrogens is 273 g/mol. The van der Waals surface area contributed by atoms with Gasteiger partial charge < -0.3 is 10.4 Å². The number of carbonyl (C=O) groups excluding carboxylic acids is 1. The standard InChI is InChI=1S/C16H14FNO3/c1-2-10-9-11(7-8-12(10)16(20)21)18-15(19)13-5-3-4-6-14(13)17/h3-9H,2H2,1H3,(H,18,19)(H,20,21). The summed E-state index contributed by atoms with van der Waals surface area (Å²) in [6.07, 6.45) is 0.519. The Kier molecular flexibility index (Phi) is 4.33. The fraction of sp³-hybridized carbons (Fsp3) is 0.125. The maximum atomic E-state index is 13.5. The van der Waals surface area contributed by atoms with E-state index in [0.29, 0.717) is 17.7 Å². The molecule has 2 N–H and O–H groups in total. The highest BCUT2D eigenvalue weighted by atomic mass is 19.1. The van der Waals surface area contributed by atoms with Crippen molar-refractivity contribution in [2.45, 2.75) is 13.3 Å². The molecule has 5 heteroatoms. The Hall–Kier alpha value is -2.69. The van der Waals surface area contributed by atoms with E-state index in [2.05, 4.69) is 5.32 Å². The Morgan fingerprint density at radius 2 is 1.86 bits per heavy atom. The molecule has 0 atom stereocenters. The quantitative estimate of drug-likeness (QED) is 0.906. The van der Waals surface area contributed by atoms with Crippen molar-refractivity contribution in [1.82, 2.24) is 0 Å². The zero-order chi connectivity index (χ0) is 15.4. The highest BCUT2D eigenvalue weighted by Gasteiger charge is 2.13. The van der Waals surface area contributed by atoms with E-state index >= 15 is 0 Å². The Morgan fingerprint density at radius 1 is 1.14 bits per heavy atom. The molecule has 4 nitrogen and oxygen atoms in total. The maximum Gasteiger partial charge on any atom is 0.335 e. The van der Waals surface area contributed by atoms with Gasteiger partial charge in [-0.1, -0.05) is 19.1 Å². The van der Waals surface area contributed by atoms with Crippen molar-refractivity contribution in [3.63, 3.8) is 0 Å². The highest BCUT2D eigenvalue weighted by Crippen LogP contribution is 2.18. The third-order valence-corrected chi connectivity index (χ3v) is 3.09. The number of nitrogens with one attached hydrogen (secondary N) is 1. The number of carbonyl (C=O) groups is 2. The molecule has 0 aliphatic rings. The monoisotopic (exact) mass is 287 g/mol. The van der Waals surface area contributed by atoms with E-state index in [-0.39, 0.29) is 11.1 Å². The summed E-state index contributed by atoms with van der Waals surface area (Å²) >= 11 is 0. The lowest BCUT2D eigenvalue weighted by Gasteiger charge is -2.09. The van der Waals surface area contributed by atoms with Crippen molar-refractivity contribution in [1.29, 1.82) is 0 Å². The van der Waals surface area contributed by atoms with Crippen LogP contribution in [0.15, 0.2) is 42.5 Å². The van der Waals surface area contributed by atoms with Crippen LogP contribution in [0.2, 0.25) is 0 Å². The van der Waals surface area contributed by atoms with Crippen LogP contribution < -0.4 is 5.32 Å². The molecule has 2 aromatic carbocycles. The molecule has 0 spiro atoms. The molecule has 0 aromatic heterocycles. The summed E-state index contributed by atoms with van der Waals surface area (Å²) in [5.74, 6) is -2.19. The Labute approximate surface area is 121 Å². The van der Waals surface area contributed by atoms with Gasteiger partial charge in [0.15, 0.2) is 0 Å². The molecule has 0 fully saturated rings. The zero-order valence-corrected chi connectivity index (χ0v) is 11.4. The number of anilines is 1. The van der Waals surface area contributed by atoms with Gasteiger partial charge in [0.05, 0.1) is 11.1 Å². The number of carboxylic acid groups (broad SMARTS) is 1. The first-order valence-corrected chi connectivity index (χ1v) is 6.45. The molecular formula is C16H14FNO3. The third kappa shape index (κ3) is 3.25. The number of halogens is 1. The van der Waals surface area contributed by atoms with Gasteiger partial charge in [0.25, 0.3) is 5.91 Å². The number of hydrogen-bond acceptors (Lipinski definition) is 2. The number of aryl methyl sites for hydroxylation is 1. The lowest BCUT2D eigenvalue weighted by atomic mass is 10.0. The van der Waals surface area contributed by atoms with E-state index < -0.39 is 17.7 Å². The molecule has 0 radical (unpaired) electrons. The minimum absolute atomic E-state index is 0.0575. The molecule has 0 heterocycles. The van der Waals surface area contributed by atoms with Gasteiger partial charge in [0.2, 0.25) is 0 Å². The van der Waals surface area contributed by atoms with Crippen LogP contribution >= 0.6 is 0 Å². The number of amides is 1. The van der Waals surface area contributed by atoms with Crippen molar-refractivity contribution >= 4 is 17.6 Å². The molecule has 108 valence electrons. The van der Waals surface area contributed by atoms with Gasteiger partial charge in [0, 0.05) is 5.69 Å². The molecule has 2 aromatic rings. The van der Waals surface area contributed by atoms with Gasteiger partial charge in [-0.05, 0) is 42.3 Å². The van der Waals surface area contributed by atoms with E-state index in [1.54, 1.807) is 12.1 Å². The van der Waals surface area contributed by atoms with Crippen LogP contribution in [0.4, 0.5) is 10.1 Å². The summed E-state index contributed by atoms with van der Waals surface area (Å²) in [5, 5.41) is 11.6. The van der Waals surface area contributed by atoms with Gasteiger partial charge in [-0.15, -0.1) is 0 Å². The Bertz CT molecular complexity index is 698. The Morgan fingerprint density at radius 3 is 2.48 bits per heavy atom. The average Bonchev–Trinajstić information content (AvgIpc) is 2.47. The number of benzene rings is 2. The first-order chi connectivity index (χ1) is 10.0. The van der Waals surface area contributed by atoms with Gasteiger partial charge in [-0.25, -0.2) is 9.18 Å². The first kappa shape index (κ1) is 14.7. The molecule has 0 saturated heterocycles. The predicted octanol–water partition coefficient (Wildman–Crippen LogP) is 3.34. The fourth-order valence-corrected chi connectivity index (χ4v) is 2.02. The largest absolute Gasteiger partial charge is 0.478 e. The van der Waals surface area contributed by atoms with Crippen molar-refractivity contribution < 1.29 is 19.1 Å². The average molecular weight is 287 g/mol. The van der Waals surface area contributed by atoms with Crippen LogP contribution in [-0.4, -0.2) is 17.0 Å². The minimum atomic E-state index is -1.01. The summed E-state index contributed by atoms with van der Waals surface area (Å²) in [6.45, 7) is 1.82. The topological polar surface area (TPSA) is 66.4 Å². The van der Waals surface area contributed by atoms with E-state index in [4.69, 9.17) is 5.11 Å². The second kappa shape index (κ2) is 6.17. The lowest BCUT2D eigenvalue weighted by molar-refractivity contribution is 0.0695. The third-order valence-electron chi connectivity index (χ3n) is 3.09. The van der Waals surface area contributed by atoms with E-state index in [0.717, 1.165) is 0 Å². The Balaban J connectivity index is 2.26. The second-order valence-corrected chi connectivity index (χ2v) is 4.46. The normalized spacial score (nSPS) is 10.2. The lowest BCUT2D eigenvalue weighted by Crippen LogP contribution is -2.14. The number of hydrogen-bond donors (Lipinski definition) is 2. The molecule has 0 unspecified atom stereocenters. The molecule has 1 amide bonds. The highest BCUT2D eigenvalue weighted by molar-refractivity contribution is 6.04. The van der Waals surface area contributed by atoms with Crippen LogP contribution in [-0.2, 0) is 6.42 Å². The zero-order valence-electron chi connectivity index (χ0n) is 11.4. The smallest absolute Gasteiger partial charge is 0.335 e. The number of rotatable bonds is 4. The van der Waals surface area contributed by atoms with Crippen molar-refractivity contribution in [2.24, 2.45) is 0 Å². The molecule has 0 saturated carbocycles. The molecule has 0 bridgehead atoms. The van der Waals surface area contributed by atoms with Crippen LogP contribution in [0.3, 0.4) is 0 Å². The minimum Gasteiger partial charge on any atom is -0.478 e. The first-order valence-electron chi connectivity index (χ1n) is 6.45. The molecule has 2 rings (SSSR count). The van der Waals surface area contributed by atoms with Gasteiger partial charge in [0.1, 0.15) is 5.82 Å². The van der Waals surface area contributed by atoms with Gasteiger partial charge in [-0.3, -0.25) is 4.79 Å². The van der Waals surface area contributed by atoms with Crippen LogP contribution in [0.25, 0.3) is 0 Å². The van der Waals surface area contributed by atoms with Crippen LogP contribution in [0.5, 0.6) is 0 Å². The van der Waals surface area contributed by atoms with E-state index in [9.17, 15) is 14.0 Å². The molecule has 0 aliphatic heterocycles. The van der Waals surface area contributed by atoms with Crippen molar-refractivity contribution in [3.05, 3.63) is 65.0 Å². The summed E-state index contributed by atoms with van der Waals surface area (Å²) in [4.78, 5) is 23.0. The second-order valence-electron chi connectivity index (χ2n) is 4.46. The SMILES string of the molecule is CCc1cc(NC(=O)c2ccccc2F)ccc1C(=O)O. The fourth-order valence-electron chi connectivity index (χ4n) is 2.02. The van der Waals surface area contributed by atoms with E-state index in [1.165, 1.54) is 30.3 Å². The maximum absolute atomic E-state index is 13.5. The van der Waals surface area contributed by atoms with Crippen molar-refractivity contribution in [2.75, 3.05) is 5.32 Å². The van der Waals surface area contributed by atoms with Gasteiger partial charge >= 0.3 is 5.97 Å². The summed E-state index contributed by atoms with van der Waals surface area (Å²) in [5.41, 5.74) is 1.18. The number of aromatic carboxylic acids is 1. The van der Waals surface area contributed by atoms with Gasteiger partial charge in [-0.2, -0.15) is 0 Å². The molecule has 0 aliphatic carbocycles.